The summed E-state index contributed by atoms with van der Waals surface area (Å²) < 4.78 is 10.6. The molecule has 1 fully saturated rings. The molecule has 0 radical (unpaired) electrons. The van der Waals surface area contributed by atoms with Gasteiger partial charge in [-0.15, -0.1) is 0 Å². The zero-order chi connectivity index (χ0) is 13.1. The summed E-state index contributed by atoms with van der Waals surface area (Å²) in [5.41, 5.74) is 2.83. The predicted molar refractivity (Wildman–Crippen MR) is 78.7 cm³/mol. The first kappa shape index (κ1) is 12.8. The maximum atomic E-state index is 5.59. The van der Waals surface area contributed by atoms with E-state index in [1.807, 2.05) is 17.8 Å². The summed E-state index contributed by atoms with van der Waals surface area (Å²) >= 11 is 2.02. The Kier molecular flexibility index (Phi) is 3.94. The van der Waals surface area contributed by atoms with Crippen molar-refractivity contribution in [1.29, 1.82) is 0 Å². The highest BCUT2D eigenvalue weighted by Crippen LogP contribution is 2.24. The van der Waals surface area contributed by atoms with Gasteiger partial charge in [0, 0.05) is 24.6 Å². The van der Waals surface area contributed by atoms with Crippen LogP contribution in [-0.2, 0) is 11.3 Å². The van der Waals surface area contributed by atoms with E-state index < -0.39 is 0 Å². The first-order valence-corrected chi connectivity index (χ1v) is 7.73. The zero-order valence-electron chi connectivity index (χ0n) is 11.0. The van der Waals surface area contributed by atoms with Crippen molar-refractivity contribution in [1.82, 2.24) is 4.98 Å². The van der Waals surface area contributed by atoms with E-state index in [9.17, 15) is 0 Å². The number of fused-ring (bicyclic) bond motifs is 1. The summed E-state index contributed by atoms with van der Waals surface area (Å²) in [7, 11) is 1.64. The molecule has 1 aromatic carbocycles. The van der Waals surface area contributed by atoms with Crippen LogP contribution in [0.5, 0.6) is 0 Å². The lowest BCUT2D eigenvalue weighted by molar-refractivity contribution is 0.161. The number of thioether (sulfide) groups is 1. The highest BCUT2D eigenvalue weighted by Gasteiger charge is 2.14. The molecule has 2 aromatic rings. The Bertz CT molecular complexity index is 549. The average Bonchev–Trinajstić information content (AvgIpc) is 2.82. The Morgan fingerprint density at radius 1 is 1.53 bits per heavy atom. The largest absolute Gasteiger partial charge is 0.438 e. The lowest BCUT2D eigenvalue weighted by Gasteiger charge is -2.23. The zero-order valence-corrected chi connectivity index (χ0v) is 11.8. The first-order chi connectivity index (χ1) is 9.35. The van der Waals surface area contributed by atoms with E-state index in [1.54, 1.807) is 7.11 Å². The minimum Gasteiger partial charge on any atom is -0.438 e. The van der Waals surface area contributed by atoms with E-state index in [4.69, 9.17) is 9.15 Å². The van der Waals surface area contributed by atoms with E-state index in [2.05, 4.69) is 22.4 Å². The van der Waals surface area contributed by atoms with Crippen molar-refractivity contribution in [2.45, 2.75) is 25.5 Å². The number of benzene rings is 1. The number of hydrogen-bond acceptors (Lipinski definition) is 5. The molecule has 0 spiro atoms. The molecule has 102 valence electrons. The molecule has 1 saturated heterocycles. The quantitative estimate of drug-likeness (QED) is 0.930. The van der Waals surface area contributed by atoms with Crippen molar-refractivity contribution in [3.8, 4) is 0 Å². The minimum absolute atomic E-state index is 0.413. The SMILES string of the molecule is COCc1nc2cc(NC3CCCSC3)ccc2o1. The van der Waals surface area contributed by atoms with Gasteiger partial charge in [0.15, 0.2) is 5.58 Å². The van der Waals surface area contributed by atoms with Crippen molar-refractivity contribution >= 4 is 28.5 Å². The van der Waals surface area contributed by atoms with Crippen LogP contribution in [0.25, 0.3) is 11.1 Å². The smallest absolute Gasteiger partial charge is 0.221 e. The van der Waals surface area contributed by atoms with Crippen LogP contribution in [-0.4, -0.2) is 29.6 Å². The molecule has 1 aromatic heterocycles. The normalized spacial score (nSPS) is 19.7. The Labute approximate surface area is 116 Å². The molecule has 2 heterocycles. The van der Waals surface area contributed by atoms with Gasteiger partial charge < -0.3 is 14.5 Å². The van der Waals surface area contributed by atoms with Crippen molar-refractivity contribution < 1.29 is 9.15 Å². The summed E-state index contributed by atoms with van der Waals surface area (Å²) in [6.07, 6.45) is 2.55. The highest BCUT2D eigenvalue weighted by atomic mass is 32.2. The van der Waals surface area contributed by atoms with Gasteiger partial charge in [-0.2, -0.15) is 11.8 Å². The highest BCUT2D eigenvalue weighted by molar-refractivity contribution is 7.99. The summed E-state index contributed by atoms with van der Waals surface area (Å²) in [5.74, 6) is 3.11. The van der Waals surface area contributed by atoms with Crippen LogP contribution in [0.1, 0.15) is 18.7 Å². The number of aromatic nitrogens is 1. The van der Waals surface area contributed by atoms with Crippen LogP contribution in [0.3, 0.4) is 0 Å². The van der Waals surface area contributed by atoms with Crippen LogP contribution >= 0.6 is 11.8 Å². The van der Waals surface area contributed by atoms with E-state index in [0.717, 1.165) is 16.8 Å². The van der Waals surface area contributed by atoms with Gasteiger partial charge >= 0.3 is 0 Å². The summed E-state index contributed by atoms with van der Waals surface area (Å²) in [4.78, 5) is 4.42. The standard InChI is InChI=1S/C14H18N2O2S/c1-17-8-14-16-12-7-10(4-5-13(12)18-14)15-11-3-2-6-19-9-11/h4-5,7,11,15H,2-3,6,8-9H2,1H3. The number of nitrogens with one attached hydrogen (secondary N) is 1. The fraction of sp³-hybridized carbons (Fsp3) is 0.500. The Hall–Kier alpha value is -1.20. The van der Waals surface area contributed by atoms with Gasteiger partial charge in [-0.25, -0.2) is 4.98 Å². The van der Waals surface area contributed by atoms with Crippen molar-refractivity contribution in [2.24, 2.45) is 0 Å². The van der Waals surface area contributed by atoms with Crippen LogP contribution in [0, 0.1) is 0 Å². The molecule has 1 unspecified atom stereocenters. The molecule has 5 heteroatoms. The second-order valence-electron chi connectivity index (χ2n) is 4.78. The van der Waals surface area contributed by atoms with Crippen molar-refractivity contribution in [2.75, 3.05) is 23.9 Å². The molecule has 19 heavy (non-hydrogen) atoms. The summed E-state index contributed by atoms with van der Waals surface area (Å²) in [6.45, 7) is 0.413. The topological polar surface area (TPSA) is 47.3 Å². The number of methoxy groups -OCH3 is 1. The lowest BCUT2D eigenvalue weighted by Crippen LogP contribution is -2.25. The molecule has 1 atom stereocenters. The summed E-state index contributed by atoms with van der Waals surface area (Å²) in [5, 5.41) is 3.58. The fourth-order valence-electron chi connectivity index (χ4n) is 2.34. The average molecular weight is 278 g/mol. The molecule has 0 aliphatic carbocycles. The minimum atomic E-state index is 0.413. The van der Waals surface area contributed by atoms with E-state index in [-0.39, 0.29) is 0 Å². The Morgan fingerprint density at radius 3 is 3.26 bits per heavy atom. The molecule has 1 aliphatic heterocycles. The van der Waals surface area contributed by atoms with Gasteiger partial charge in [-0.3, -0.25) is 0 Å². The number of oxazole rings is 1. The molecule has 0 bridgehead atoms. The Balaban J connectivity index is 1.76. The van der Waals surface area contributed by atoms with E-state index in [0.29, 0.717) is 18.5 Å². The molecule has 0 saturated carbocycles. The van der Waals surface area contributed by atoms with Crippen molar-refractivity contribution in [3.05, 3.63) is 24.1 Å². The number of rotatable bonds is 4. The van der Waals surface area contributed by atoms with Gasteiger partial charge in [0.05, 0.1) is 0 Å². The van der Waals surface area contributed by atoms with Crippen LogP contribution in [0.4, 0.5) is 5.69 Å². The van der Waals surface area contributed by atoms with Gasteiger partial charge in [0.2, 0.25) is 5.89 Å². The number of nitrogens with zero attached hydrogens (tertiary/aromatic N) is 1. The van der Waals surface area contributed by atoms with Crippen LogP contribution < -0.4 is 5.32 Å². The third kappa shape index (κ3) is 3.04. The fourth-order valence-corrected chi connectivity index (χ4v) is 3.41. The van der Waals surface area contributed by atoms with Crippen LogP contribution in [0.15, 0.2) is 22.6 Å². The molecule has 4 nitrogen and oxygen atoms in total. The third-order valence-electron chi connectivity index (χ3n) is 3.23. The second kappa shape index (κ2) is 5.84. The van der Waals surface area contributed by atoms with Gasteiger partial charge in [-0.1, -0.05) is 0 Å². The first-order valence-electron chi connectivity index (χ1n) is 6.58. The lowest BCUT2D eigenvalue weighted by atomic mass is 10.1. The Morgan fingerprint density at radius 2 is 2.47 bits per heavy atom. The monoisotopic (exact) mass is 278 g/mol. The molecular formula is C14H18N2O2S. The molecule has 1 aliphatic rings. The molecular weight excluding hydrogens is 260 g/mol. The maximum absolute atomic E-state index is 5.59. The maximum Gasteiger partial charge on any atom is 0.221 e. The van der Waals surface area contributed by atoms with Crippen molar-refractivity contribution in [3.63, 3.8) is 0 Å². The van der Waals surface area contributed by atoms with E-state index >= 15 is 0 Å². The molecule has 3 rings (SSSR count). The summed E-state index contributed by atoms with van der Waals surface area (Å²) in [6, 6.07) is 6.65. The van der Waals surface area contributed by atoms with Gasteiger partial charge in [-0.05, 0) is 36.8 Å². The number of hydrogen-bond donors (Lipinski definition) is 1. The van der Waals surface area contributed by atoms with Gasteiger partial charge in [0.1, 0.15) is 12.1 Å². The van der Waals surface area contributed by atoms with E-state index in [1.165, 1.54) is 24.3 Å². The molecule has 0 amide bonds. The third-order valence-corrected chi connectivity index (χ3v) is 4.45. The number of anilines is 1. The predicted octanol–water partition coefficient (Wildman–Crippen LogP) is 3.28. The molecule has 1 N–H and O–H groups in total. The number of ether oxygens (including phenoxy) is 1. The van der Waals surface area contributed by atoms with Crippen LogP contribution in [0.2, 0.25) is 0 Å². The van der Waals surface area contributed by atoms with Gasteiger partial charge in [0.25, 0.3) is 0 Å². The second-order valence-corrected chi connectivity index (χ2v) is 5.93.